The van der Waals surface area contributed by atoms with Crippen LogP contribution in [0.5, 0.6) is 0 Å². The number of nitrogens with zero attached hydrogens (tertiary/aromatic N) is 6. The largest absolute Gasteiger partial charge is 0.481 e. The molecule has 2 aromatic carbocycles. The van der Waals surface area contributed by atoms with Gasteiger partial charge in [0.2, 0.25) is 0 Å². The van der Waals surface area contributed by atoms with Crippen molar-refractivity contribution in [2.75, 3.05) is 36.8 Å². The Labute approximate surface area is 363 Å². The van der Waals surface area contributed by atoms with Gasteiger partial charge in [-0.25, -0.2) is 9.97 Å². The van der Waals surface area contributed by atoms with Crippen molar-refractivity contribution < 1.29 is 29.4 Å². The van der Waals surface area contributed by atoms with E-state index in [0.29, 0.717) is 41.4 Å². The van der Waals surface area contributed by atoms with E-state index in [-0.39, 0.29) is 32.6 Å². The molecule has 2 aromatic heterocycles. The second-order valence-corrected chi connectivity index (χ2v) is 19.9. The van der Waals surface area contributed by atoms with E-state index in [0.717, 1.165) is 120 Å². The van der Waals surface area contributed by atoms with Gasteiger partial charge in [-0.1, -0.05) is 47.5 Å². The number of benzene rings is 2. The molecule has 4 N–H and O–H groups in total. The van der Waals surface area contributed by atoms with E-state index in [1.54, 1.807) is 24.3 Å². The summed E-state index contributed by atoms with van der Waals surface area (Å²) in [6.07, 6.45) is 9.05. The monoisotopic (exact) mass is 868 g/mol. The Hall–Kier alpha value is -4.76. The molecule has 5 saturated carbocycles. The Morgan fingerprint density at radius 3 is 1.64 bits per heavy atom. The highest BCUT2D eigenvalue weighted by molar-refractivity contribution is 6.40. The highest BCUT2D eigenvalue weighted by Crippen LogP contribution is 2.73. The third-order valence-electron chi connectivity index (χ3n) is 15.4. The first-order valence-corrected chi connectivity index (χ1v) is 22.1. The fourth-order valence-electron chi connectivity index (χ4n) is 12.1. The molecule has 0 unspecified atom stereocenters. The Morgan fingerprint density at radius 1 is 0.672 bits per heavy atom. The van der Waals surface area contributed by atoms with Crippen LogP contribution in [0.4, 0.5) is 11.4 Å². The van der Waals surface area contributed by atoms with Crippen LogP contribution in [0.3, 0.4) is 0 Å². The number of carboxylic acids is 2. The predicted molar refractivity (Wildman–Crippen MR) is 229 cm³/mol. The summed E-state index contributed by atoms with van der Waals surface area (Å²) in [4.78, 5) is 65.4. The van der Waals surface area contributed by atoms with Crippen LogP contribution in [0.2, 0.25) is 10.0 Å². The number of carboxylic acid groups (broad SMARTS) is 2. The van der Waals surface area contributed by atoms with Crippen LogP contribution >= 0.6 is 23.2 Å². The quantitative estimate of drug-likeness (QED) is 0.116. The van der Waals surface area contributed by atoms with Gasteiger partial charge in [-0.3, -0.25) is 29.0 Å². The molecule has 4 aromatic rings. The summed E-state index contributed by atoms with van der Waals surface area (Å²) < 4.78 is 3.70. The van der Waals surface area contributed by atoms with Crippen LogP contribution in [-0.4, -0.2) is 89.0 Å². The SMILES string of the molecule is Cn1c(C(=O)Nc2cccc(-c3cccc(NC(=O)c4nc5c(n4C)CCN(CC46CC(C(=O)O)(C4)C6)C5)c3Cl)c2Cl)nc2c1CCN(CCC13CCC(C(=O)O)(CC1)C3)C2. The van der Waals surface area contributed by atoms with E-state index in [9.17, 15) is 29.4 Å². The van der Waals surface area contributed by atoms with Crippen LogP contribution in [0.25, 0.3) is 11.1 Å². The van der Waals surface area contributed by atoms with Gasteiger partial charge in [-0.05, 0) is 87.3 Å². The molecule has 320 valence electrons. The lowest BCUT2D eigenvalue weighted by molar-refractivity contribution is -0.228. The molecule has 0 spiro atoms. The normalized spacial score (nSPS) is 27.5. The van der Waals surface area contributed by atoms with Crippen LogP contribution in [0, 0.1) is 21.7 Å². The first-order valence-electron chi connectivity index (χ1n) is 21.3. The second-order valence-electron chi connectivity index (χ2n) is 19.1. The van der Waals surface area contributed by atoms with Crippen molar-refractivity contribution >= 4 is 58.3 Å². The third kappa shape index (κ3) is 6.58. The Kier molecular flexibility index (Phi) is 9.52. The molecule has 5 fully saturated rings. The molecule has 7 aliphatic rings. The van der Waals surface area contributed by atoms with Gasteiger partial charge in [-0.15, -0.1) is 0 Å². The number of aromatic nitrogens is 4. The van der Waals surface area contributed by atoms with Crippen molar-refractivity contribution in [1.29, 1.82) is 0 Å². The maximum absolute atomic E-state index is 13.8. The van der Waals surface area contributed by atoms with Crippen molar-refractivity contribution in [1.82, 2.24) is 28.9 Å². The third-order valence-corrected chi connectivity index (χ3v) is 16.2. The standard InChI is InChI=1S/C45H50Cl2N8O6/c1-52-32-9-16-54(18-15-42-11-13-44(21-42,14-12-42)40(58)59)19-30(32)48-36(52)38(56)50-28-7-3-5-26(34(28)46)27-6-4-8-29(35(27)47)51-39(57)37-49-31-20-55(17-10-33(31)53(37)2)25-43-22-45(23-43,24-43)41(60)61/h3-8H,9-25H2,1-2H3,(H,50,56)(H,51,57)(H,58,59)(H,60,61). The number of hydrogen-bond donors (Lipinski definition) is 4. The molecule has 61 heavy (non-hydrogen) atoms. The Bertz CT molecular complexity index is 2520. The molecule has 11 rings (SSSR count). The zero-order valence-electron chi connectivity index (χ0n) is 34.5. The lowest BCUT2D eigenvalue weighted by Gasteiger charge is -2.69. The summed E-state index contributed by atoms with van der Waals surface area (Å²) in [5, 5.41) is 25.9. The predicted octanol–water partition coefficient (Wildman–Crippen LogP) is 7.03. The van der Waals surface area contributed by atoms with Crippen molar-refractivity contribution in [3.63, 3.8) is 0 Å². The topological polar surface area (TPSA) is 175 Å². The lowest BCUT2D eigenvalue weighted by Crippen LogP contribution is -2.68. The maximum Gasteiger partial charge on any atom is 0.309 e. The zero-order chi connectivity index (χ0) is 42.6. The molecular formula is C45H50Cl2N8O6. The average molecular weight is 870 g/mol. The first-order chi connectivity index (χ1) is 29.1. The molecule has 2 amide bonds. The van der Waals surface area contributed by atoms with Crippen LogP contribution in [0.15, 0.2) is 36.4 Å². The van der Waals surface area contributed by atoms with Gasteiger partial charge >= 0.3 is 11.9 Å². The molecule has 0 radical (unpaired) electrons. The number of halogens is 2. The number of anilines is 2. The first kappa shape index (κ1) is 40.3. The van der Waals surface area contributed by atoms with Crippen molar-refractivity contribution in [2.45, 2.75) is 83.7 Å². The number of carbonyl (C=O) groups excluding carboxylic acids is 2. The number of hydrogen-bond acceptors (Lipinski definition) is 8. The van der Waals surface area contributed by atoms with Crippen LogP contribution in [-0.2, 0) is 49.6 Å². The van der Waals surface area contributed by atoms with Crippen LogP contribution in [0.1, 0.15) is 102 Å². The van der Waals surface area contributed by atoms with Gasteiger partial charge in [0.05, 0.1) is 43.6 Å². The molecule has 0 saturated heterocycles. The molecule has 14 nitrogen and oxygen atoms in total. The molecule has 2 aliphatic heterocycles. The number of fused-ring (bicyclic) bond motifs is 4. The molecule has 16 heteroatoms. The smallest absolute Gasteiger partial charge is 0.309 e. The molecular weight excluding hydrogens is 819 g/mol. The highest BCUT2D eigenvalue weighted by atomic mass is 35.5. The number of imidazole rings is 2. The second kappa shape index (κ2) is 14.4. The lowest BCUT2D eigenvalue weighted by atomic mass is 9.35. The van der Waals surface area contributed by atoms with Gasteiger partial charge in [0, 0.05) is 82.2 Å². The van der Waals surface area contributed by atoms with Crippen LogP contribution < -0.4 is 10.6 Å². The Balaban J connectivity index is 0.790. The summed E-state index contributed by atoms with van der Waals surface area (Å²) in [6.45, 7) is 4.66. The van der Waals surface area contributed by atoms with Gasteiger partial charge in [0.15, 0.2) is 11.6 Å². The minimum absolute atomic E-state index is 0.0934. The van der Waals surface area contributed by atoms with E-state index in [2.05, 4.69) is 20.4 Å². The number of aliphatic carboxylic acids is 2. The fourth-order valence-corrected chi connectivity index (χ4v) is 12.7. The summed E-state index contributed by atoms with van der Waals surface area (Å²) in [6, 6.07) is 10.6. The maximum atomic E-state index is 13.8. The van der Waals surface area contributed by atoms with E-state index < -0.39 is 28.7 Å². The van der Waals surface area contributed by atoms with E-state index in [4.69, 9.17) is 33.2 Å². The average Bonchev–Trinajstić information content (AvgIpc) is 3.96. The number of nitrogens with one attached hydrogen (secondary N) is 2. The van der Waals surface area contributed by atoms with E-state index in [1.807, 2.05) is 35.4 Å². The fraction of sp³-hybridized carbons (Fsp3) is 0.511. The summed E-state index contributed by atoms with van der Waals surface area (Å²) >= 11 is 14.0. The summed E-state index contributed by atoms with van der Waals surface area (Å²) in [5.41, 5.74) is 4.91. The van der Waals surface area contributed by atoms with Gasteiger partial charge in [0.25, 0.3) is 11.8 Å². The van der Waals surface area contributed by atoms with Crippen molar-refractivity contribution in [3.05, 3.63) is 80.9 Å². The van der Waals surface area contributed by atoms with E-state index in [1.165, 1.54) is 0 Å². The minimum atomic E-state index is -0.674. The number of carbonyl (C=O) groups is 4. The van der Waals surface area contributed by atoms with Crippen molar-refractivity contribution in [3.8, 4) is 11.1 Å². The van der Waals surface area contributed by atoms with Gasteiger partial charge in [0.1, 0.15) is 0 Å². The zero-order valence-corrected chi connectivity index (χ0v) is 36.0. The molecule has 4 bridgehead atoms. The highest BCUT2D eigenvalue weighted by Gasteiger charge is 2.71. The van der Waals surface area contributed by atoms with Gasteiger partial charge < -0.3 is 30.0 Å². The summed E-state index contributed by atoms with van der Waals surface area (Å²) in [7, 11) is 3.71. The Morgan fingerprint density at radius 2 is 1.15 bits per heavy atom. The molecule has 4 heterocycles. The number of rotatable bonds is 12. The summed E-state index contributed by atoms with van der Waals surface area (Å²) in [5.74, 6) is -1.52. The van der Waals surface area contributed by atoms with E-state index >= 15 is 0 Å². The number of amides is 2. The molecule has 5 aliphatic carbocycles. The minimum Gasteiger partial charge on any atom is -0.481 e. The van der Waals surface area contributed by atoms with Gasteiger partial charge in [-0.2, -0.15) is 0 Å². The molecule has 0 atom stereocenters. The van der Waals surface area contributed by atoms with Crippen molar-refractivity contribution in [2.24, 2.45) is 35.8 Å².